The van der Waals surface area contributed by atoms with Gasteiger partial charge in [-0.2, -0.15) is 0 Å². The molecule has 0 unspecified atom stereocenters. The average molecular weight is 463 g/mol. The Morgan fingerprint density at radius 1 is 1.06 bits per heavy atom. The van der Waals surface area contributed by atoms with E-state index in [1.54, 1.807) is 24.3 Å². The third-order valence-corrected chi connectivity index (χ3v) is 5.42. The van der Waals surface area contributed by atoms with Crippen molar-refractivity contribution in [1.82, 2.24) is 4.72 Å². The van der Waals surface area contributed by atoms with E-state index in [4.69, 9.17) is 16.3 Å². The van der Waals surface area contributed by atoms with Gasteiger partial charge in [0, 0.05) is 18.0 Å². The van der Waals surface area contributed by atoms with E-state index in [0.717, 1.165) is 5.41 Å². The van der Waals surface area contributed by atoms with Gasteiger partial charge < -0.3 is 4.74 Å². The van der Waals surface area contributed by atoms with E-state index >= 15 is 0 Å². The number of nitrogens with zero attached hydrogens (tertiary/aromatic N) is 1. The highest BCUT2D eigenvalue weighted by molar-refractivity contribution is 7.92. The lowest BCUT2D eigenvalue weighted by atomic mass is 10.2. The topological polar surface area (TPSA) is 98.5 Å². The molecule has 31 heavy (non-hydrogen) atoms. The number of para-hydroxylation sites is 1. The van der Waals surface area contributed by atoms with E-state index in [9.17, 15) is 22.9 Å². The SMILES string of the molecule is O=[N+]([O-])c1cc(C=CS(=O)(=O)NCc2ccc(F)cc2)ccc1Oc1ccccc1Cl. The summed E-state index contributed by atoms with van der Waals surface area (Å²) < 4.78 is 45.1. The number of hydrogen-bond donors (Lipinski definition) is 1. The predicted molar refractivity (Wildman–Crippen MR) is 116 cm³/mol. The van der Waals surface area contributed by atoms with Crippen LogP contribution in [-0.2, 0) is 16.6 Å². The maximum absolute atomic E-state index is 12.9. The molecule has 0 aromatic heterocycles. The molecule has 0 saturated carbocycles. The highest BCUT2D eigenvalue weighted by Gasteiger charge is 2.17. The Bertz CT molecular complexity index is 1230. The van der Waals surface area contributed by atoms with Crippen molar-refractivity contribution in [2.24, 2.45) is 0 Å². The molecule has 3 rings (SSSR count). The molecule has 3 aromatic rings. The summed E-state index contributed by atoms with van der Waals surface area (Å²) in [5.74, 6) is -0.203. The van der Waals surface area contributed by atoms with Crippen molar-refractivity contribution < 1.29 is 22.5 Å². The van der Waals surface area contributed by atoms with Crippen LogP contribution >= 0.6 is 11.6 Å². The van der Waals surface area contributed by atoms with Gasteiger partial charge in [-0.05, 0) is 47.5 Å². The average Bonchev–Trinajstić information content (AvgIpc) is 2.74. The molecule has 10 heteroatoms. The summed E-state index contributed by atoms with van der Waals surface area (Å²) in [4.78, 5) is 10.8. The number of halogens is 2. The Balaban J connectivity index is 1.75. The molecule has 0 radical (unpaired) electrons. The van der Waals surface area contributed by atoms with E-state index in [1.165, 1.54) is 48.5 Å². The summed E-state index contributed by atoms with van der Waals surface area (Å²) >= 11 is 6.02. The van der Waals surface area contributed by atoms with Crippen LogP contribution in [0.3, 0.4) is 0 Å². The van der Waals surface area contributed by atoms with Gasteiger partial charge in [0.1, 0.15) is 11.6 Å². The van der Waals surface area contributed by atoms with Gasteiger partial charge in [0.05, 0.1) is 9.95 Å². The van der Waals surface area contributed by atoms with Crippen molar-refractivity contribution in [1.29, 1.82) is 0 Å². The van der Waals surface area contributed by atoms with Crippen molar-refractivity contribution in [3.63, 3.8) is 0 Å². The first-order valence-corrected chi connectivity index (χ1v) is 10.8. The molecule has 160 valence electrons. The molecule has 0 fully saturated rings. The quantitative estimate of drug-likeness (QED) is 0.363. The summed E-state index contributed by atoms with van der Waals surface area (Å²) in [5, 5.41) is 12.6. The molecule has 1 N–H and O–H groups in total. The molecule has 0 aliphatic carbocycles. The fraction of sp³-hybridized carbons (Fsp3) is 0.0476. The second-order valence-electron chi connectivity index (χ2n) is 6.31. The zero-order valence-corrected chi connectivity index (χ0v) is 17.4. The zero-order valence-electron chi connectivity index (χ0n) is 15.9. The van der Waals surface area contributed by atoms with Crippen LogP contribution in [0.4, 0.5) is 10.1 Å². The van der Waals surface area contributed by atoms with E-state index in [0.29, 0.717) is 10.6 Å². The fourth-order valence-corrected chi connectivity index (χ4v) is 3.49. The second kappa shape index (κ2) is 9.69. The Morgan fingerprint density at radius 2 is 1.77 bits per heavy atom. The summed E-state index contributed by atoms with van der Waals surface area (Å²) in [6.45, 7) is -0.0300. The van der Waals surface area contributed by atoms with Crippen LogP contribution in [0.25, 0.3) is 6.08 Å². The summed E-state index contributed by atoms with van der Waals surface area (Å²) in [6.07, 6.45) is 1.22. The number of rotatable bonds is 8. The van der Waals surface area contributed by atoms with Crippen LogP contribution in [-0.4, -0.2) is 13.3 Å². The van der Waals surface area contributed by atoms with Gasteiger partial charge in [-0.3, -0.25) is 10.1 Å². The van der Waals surface area contributed by atoms with E-state index in [1.807, 2.05) is 0 Å². The molecule has 0 spiro atoms. The van der Waals surface area contributed by atoms with Crippen LogP contribution in [0.15, 0.2) is 72.1 Å². The number of nitro benzene ring substituents is 1. The van der Waals surface area contributed by atoms with E-state index < -0.39 is 20.8 Å². The van der Waals surface area contributed by atoms with Gasteiger partial charge in [0.15, 0.2) is 0 Å². The van der Waals surface area contributed by atoms with Crippen molar-refractivity contribution in [3.8, 4) is 11.5 Å². The lowest BCUT2D eigenvalue weighted by molar-refractivity contribution is -0.385. The predicted octanol–water partition coefficient (Wildman–Crippen LogP) is 5.27. The largest absolute Gasteiger partial charge is 0.449 e. The number of hydrogen-bond acceptors (Lipinski definition) is 5. The van der Waals surface area contributed by atoms with E-state index in [2.05, 4.69) is 4.72 Å². The van der Waals surface area contributed by atoms with Crippen LogP contribution in [0.5, 0.6) is 11.5 Å². The minimum Gasteiger partial charge on any atom is -0.449 e. The monoisotopic (exact) mass is 462 g/mol. The molecule has 0 amide bonds. The molecular weight excluding hydrogens is 447 g/mol. The van der Waals surface area contributed by atoms with Gasteiger partial charge in [0.25, 0.3) is 0 Å². The normalized spacial score (nSPS) is 11.5. The van der Waals surface area contributed by atoms with Gasteiger partial charge >= 0.3 is 5.69 Å². The Kier molecular flexibility index (Phi) is 7.01. The minimum atomic E-state index is -3.83. The highest BCUT2D eigenvalue weighted by atomic mass is 35.5. The first-order chi connectivity index (χ1) is 14.7. The van der Waals surface area contributed by atoms with Gasteiger partial charge in [-0.1, -0.05) is 41.9 Å². The highest BCUT2D eigenvalue weighted by Crippen LogP contribution is 2.35. The molecule has 0 bridgehead atoms. The standard InChI is InChI=1S/C21H16ClFN2O5S/c22-18-3-1-2-4-20(18)30-21-10-7-15(13-19(21)25(26)27)11-12-31(28,29)24-14-16-5-8-17(23)9-6-16/h1-13,24H,14H2. The molecule has 7 nitrogen and oxygen atoms in total. The lowest BCUT2D eigenvalue weighted by Gasteiger charge is -2.08. The molecular formula is C21H16ClFN2O5S. The molecule has 0 heterocycles. The van der Waals surface area contributed by atoms with Crippen molar-refractivity contribution >= 4 is 33.4 Å². The third-order valence-electron chi connectivity index (χ3n) is 4.07. The van der Waals surface area contributed by atoms with Gasteiger partial charge in [-0.15, -0.1) is 0 Å². The van der Waals surface area contributed by atoms with Crippen LogP contribution in [0.2, 0.25) is 5.02 Å². The van der Waals surface area contributed by atoms with Crippen molar-refractivity contribution in [2.75, 3.05) is 0 Å². The fourth-order valence-electron chi connectivity index (χ4n) is 2.52. The smallest absolute Gasteiger partial charge is 0.312 e. The van der Waals surface area contributed by atoms with Crippen LogP contribution in [0.1, 0.15) is 11.1 Å². The number of ether oxygens (including phenoxy) is 1. The summed E-state index contributed by atoms with van der Waals surface area (Å²) in [5.41, 5.74) is 0.513. The minimum absolute atomic E-state index is 0.0300. The third kappa shape index (κ3) is 6.35. The first-order valence-electron chi connectivity index (χ1n) is 8.86. The van der Waals surface area contributed by atoms with Crippen LogP contribution < -0.4 is 9.46 Å². The lowest BCUT2D eigenvalue weighted by Crippen LogP contribution is -2.20. The first kappa shape index (κ1) is 22.4. The number of sulfonamides is 1. The number of nitro groups is 1. The maximum atomic E-state index is 12.9. The zero-order chi connectivity index (χ0) is 22.4. The Hall–Kier alpha value is -3.27. The van der Waals surface area contributed by atoms with Crippen molar-refractivity contribution in [2.45, 2.75) is 6.54 Å². The van der Waals surface area contributed by atoms with Gasteiger partial charge in [0.2, 0.25) is 15.8 Å². The second-order valence-corrected chi connectivity index (χ2v) is 8.37. The summed E-state index contributed by atoms with van der Waals surface area (Å²) in [7, 11) is -3.83. The Morgan fingerprint density at radius 3 is 2.45 bits per heavy atom. The molecule has 0 aliphatic heterocycles. The number of benzene rings is 3. The summed E-state index contributed by atoms with van der Waals surface area (Å²) in [6, 6.07) is 15.9. The Labute approximate surface area is 182 Å². The molecule has 0 aliphatic rings. The molecule has 3 aromatic carbocycles. The van der Waals surface area contributed by atoms with E-state index in [-0.39, 0.29) is 29.3 Å². The number of nitrogens with one attached hydrogen (secondary N) is 1. The molecule has 0 saturated heterocycles. The van der Waals surface area contributed by atoms with Crippen molar-refractivity contribution in [3.05, 3.63) is 104 Å². The maximum Gasteiger partial charge on any atom is 0.312 e. The molecule has 0 atom stereocenters. The van der Waals surface area contributed by atoms with Gasteiger partial charge in [-0.25, -0.2) is 17.5 Å². The van der Waals surface area contributed by atoms with Crippen LogP contribution in [0, 0.1) is 15.9 Å².